The molecule has 4 heterocycles. The number of aliphatic carboxylic acids is 1. The van der Waals surface area contributed by atoms with Crippen molar-refractivity contribution in [1.82, 2.24) is 35.7 Å². The fourth-order valence-corrected chi connectivity index (χ4v) is 7.83. The number of phenols is 1. The Bertz CT molecular complexity index is 2290. The molecule has 2 aliphatic rings. The fraction of sp³-hybridized carbons (Fsp3) is 0.250. The molecule has 274 valence electrons. The Balaban J connectivity index is 1.25. The highest BCUT2D eigenvalue weighted by atomic mass is 32.2. The number of β-lactam (4-membered cyclic amide) rings is 1. The Morgan fingerprint density at radius 1 is 1.08 bits per heavy atom. The van der Waals surface area contributed by atoms with E-state index in [4.69, 9.17) is 13.9 Å². The van der Waals surface area contributed by atoms with Gasteiger partial charge in [0, 0.05) is 32.4 Å². The molecule has 4 N–H and O–H groups in total. The number of tetrazole rings is 1. The Morgan fingerprint density at radius 2 is 1.79 bits per heavy atom. The number of carbonyl (C=O) groups is 6. The average molecular weight is 766 g/mol. The van der Waals surface area contributed by atoms with E-state index in [1.54, 1.807) is 7.05 Å². The van der Waals surface area contributed by atoms with Gasteiger partial charge in [0.2, 0.25) is 22.2 Å². The highest BCUT2D eigenvalue weighted by Gasteiger charge is 2.54. The second kappa shape index (κ2) is 14.8. The molecule has 6 rings (SSSR count). The summed E-state index contributed by atoms with van der Waals surface area (Å²) in [5.74, 6) is -5.87. The normalized spacial score (nSPS) is 17.0. The maximum Gasteiger partial charge on any atom is 0.352 e. The van der Waals surface area contributed by atoms with Crippen LogP contribution in [0.15, 0.2) is 68.3 Å². The van der Waals surface area contributed by atoms with E-state index in [0.29, 0.717) is 10.7 Å². The molecule has 1 saturated heterocycles. The minimum absolute atomic E-state index is 0.146. The van der Waals surface area contributed by atoms with Gasteiger partial charge in [-0.05, 0) is 45.8 Å². The summed E-state index contributed by atoms with van der Waals surface area (Å²) in [7, 11) is 1.63. The van der Waals surface area contributed by atoms with E-state index in [-0.39, 0.29) is 51.0 Å². The van der Waals surface area contributed by atoms with Gasteiger partial charge >= 0.3 is 17.9 Å². The summed E-state index contributed by atoms with van der Waals surface area (Å²) in [4.78, 5) is 91.1. The number of amides is 3. The van der Waals surface area contributed by atoms with Gasteiger partial charge in [0.05, 0.1) is 5.39 Å². The van der Waals surface area contributed by atoms with Crippen LogP contribution < -0.4 is 25.5 Å². The minimum atomic E-state index is -1.53. The number of nitrogens with one attached hydrogen (secondary N) is 2. The van der Waals surface area contributed by atoms with Crippen molar-refractivity contribution in [1.29, 1.82) is 0 Å². The van der Waals surface area contributed by atoms with Gasteiger partial charge in [-0.15, -0.1) is 16.9 Å². The van der Waals surface area contributed by atoms with Crippen LogP contribution in [-0.4, -0.2) is 93.9 Å². The highest BCUT2D eigenvalue weighted by molar-refractivity contribution is 8.01. The molecule has 0 spiro atoms. The molecule has 2 aromatic heterocycles. The van der Waals surface area contributed by atoms with Crippen LogP contribution in [0.4, 0.5) is 0 Å². The minimum Gasteiger partial charge on any atom is -0.508 e. The van der Waals surface area contributed by atoms with E-state index in [9.17, 15) is 43.8 Å². The lowest BCUT2D eigenvalue weighted by Crippen LogP contribution is -2.71. The largest absolute Gasteiger partial charge is 0.508 e. The van der Waals surface area contributed by atoms with Crippen molar-refractivity contribution in [2.75, 3.05) is 11.5 Å². The number of fused-ring (bicyclic) bond motifs is 2. The maximum atomic E-state index is 13.8. The van der Waals surface area contributed by atoms with Crippen molar-refractivity contribution in [3.05, 3.63) is 75.3 Å². The number of carboxylic acids is 1. The second-order valence-corrected chi connectivity index (χ2v) is 13.5. The van der Waals surface area contributed by atoms with Crippen LogP contribution in [0.25, 0.3) is 11.0 Å². The van der Waals surface area contributed by atoms with Gasteiger partial charge in [0.1, 0.15) is 40.7 Å². The van der Waals surface area contributed by atoms with Crippen molar-refractivity contribution in [3.63, 3.8) is 0 Å². The lowest BCUT2D eigenvalue weighted by Gasteiger charge is -2.49. The van der Waals surface area contributed by atoms with E-state index in [1.807, 2.05) is 0 Å². The van der Waals surface area contributed by atoms with Gasteiger partial charge in [0.25, 0.3) is 11.8 Å². The summed E-state index contributed by atoms with van der Waals surface area (Å²) in [6.45, 7) is 2.19. The van der Waals surface area contributed by atoms with Crippen molar-refractivity contribution in [3.8, 4) is 17.2 Å². The fourth-order valence-electron chi connectivity index (χ4n) is 5.49. The molecule has 2 aliphatic heterocycles. The number of thioether (sulfide) groups is 2. The molecule has 19 nitrogen and oxygen atoms in total. The molecular weight excluding hydrogens is 739 g/mol. The summed E-state index contributed by atoms with van der Waals surface area (Å²) in [5, 5.41) is 35.6. The number of phenolic OH excluding ortho intramolecular Hbond substituents is 1. The molecule has 0 saturated carbocycles. The molecular formula is C32H27N7O12S2. The first-order valence-electron chi connectivity index (χ1n) is 15.4. The second-order valence-electron chi connectivity index (χ2n) is 11.5. The molecule has 3 amide bonds. The summed E-state index contributed by atoms with van der Waals surface area (Å²) >= 11 is 2.43. The number of carbonyl (C=O) groups excluding carboxylic acids is 5. The van der Waals surface area contributed by atoms with Gasteiger partial charge in [-0.25, -0.2) is 9.48 Å². The predicted molar refractivity (Wildman–Crippen MR) is 183 cm³/mol. The Hall–Kier alpha value is -6.22. The predicted octanol–water partition coefficient (Wildman–Crippen LogP) is 0.875. The van der Waals surface area contributed by atoms with Crippen LogP contribution in [0.2, 0.25) is 0 Å². The van der Waals surface area contributed by atoms with Crippen LogP contribution in [-0.2, 0) is 31.0 Å². The van der Waals surface area contributed by atoms with E-state index < -0.39 is 64.1 Å². The number of ether oxygens (including phenoxy) is 2. The van der Waals surface area contributed by atoms with Gasteiger partial charge in [0.15, 0.2) is 11.3 Å². The number of rotatable bonds is 11. The van der Waals surface area contributed by atoms with Gasteiger partial charge in [-0.2, -0.15) is 0 Å². The Morgan fingerprint density at radius 3 is 2.43 bits per heavy atom. The summed E-state index contributed by atoms with van der Waals surface area (Å²) in [6.07, 6.45) is 0.777. The third-order valence-electron chi connectivity index (χ3n) is 7.87. The van der Waals surface area contributed by atoms with E-state index in [2.05, 4.69) is 26.2 Å². The van der Waals surface area contributed by atoms with Crippen LogP contribution in [0.3, 0.4) is 0 Å². The average Bonchev–Trinajstić information content (AvgIpc) is 3.53. The van der Waals surface area contributed by atoms with Gasteiger partial charge in [-0.3, -0.25) is 33.7 Å². The number of aromatic nitrogens is 4. The zero-order valence-corrected chi connectivity index (χ0v) is 29.4. The van der Waals surface area contributed by atoms with Crippen LogP contribution in [0.1, 0.15) is 35.8 Å². The molecule has 4 aromatic rings. The molecule has 0 bridgehead atoms. The first-order valence-corrected chi connectivity index (χ1v) is 17.4. The van der Waals surface area contributed by atoms with E-state index in [0.717, 1.165) is 25.0 Å². The molecule has 3 atom stereocenters. The Labute approximate surface area is 305 Å². The number of hydrogen-bond donors (Lipinski definition) is 4. The monoisotopic (exact) mass is 765 g/mol. The first kappa shape index (κ1) is 36.6. The summed E-state index contributed by atoms with van der Waals surface area (Å²) in [5.41, 5.74) is -1.35. The number of esters is 2. The molecule has 2 aromatic carbocycles. The zero-order valence-electron chi connectivity index (χ0n) is 27.7. The number of hydrogen-bond acceptors (Lipinski definition) is 16. The van der Waals surface area contributed by atoms with Crippen molar-refractivity contribution >= 4 is 70.1 Å². The topological polar surface area (TPSA) is 262 Å². The van der Waals surface area contributed by atoms with E-state index >= 15 is 0 Å². The molecule has 21 heteroatoms. The SMILES string of the molecule is CC(=O)Oc1ccc2c(=O)c(C(=O)NC(C(=O)N[C@@H]3C(=O)N4C(C(=O)O)=C(CSc5nnnn5C)CS[C@@H]34)c3ccc(O)cc3)coc2c1OC(C)=O. The lowest BCUT2D eigenvalue weighted by molar-refractivity contribution is -0.151. The number of aryl methyl sites for hydroxylation is 1. The number of benzene rings is 2. The first-order chi connectivity index (χ1) is 25.2. The lowest BCUT2D eigenvalue weighted by atomic mass is 10.0. The van der Waals surface area contributed by atoms with Crippen LogP contribution in [0, 0.1) is 0 Å². The standard InChI is InChI=1S/C32H27N7O12S2/c1-13(40)50-20-9-8-18-24(43)19(10-49-25(18)26(20)51-14(2)41)27(44)33-21(15-4-6-17(42)7-5-15)28(45)34-22-29(46)39-23(31(47)48)16(11-52-30(22)39)12-53-32-35-36-37-38(32)3/h4-10,21-22,30,42H,11-12H2,1-3H3,(H,33,44)(H,34,45)(H,47,48)/t21?,22-,30+/m1/s1. The highest BCUT2D eigenvalue weighted by Crippen LogP contribution is 2.42. The third-order valence-corrected chi connectivity index (χ3v) is 10.3. The number of nitrogens with zero attached hydrogens (tertiary/aromatic N) is 5. The zero-order chi connectivity index (χ0) is 38.1. The molecule has 0 radical (unpaired) electrons. The quantitative estimate of drug-likeness (QED) is 0.0714. The third kappa shape index (κ3) is 7.28. The van der Waals surface area contributed by atoms with Crippen LogP contribution in [0.5, 0.6) is 17.2 Å². The Kier molecular flexibility index (Phi) is 10.2. The smallest absolute Gasteiger partial charge is 0.352 e. The number of carboxylic acid groups (broad SMARTS) is 1. The molecule has 1 unspecified atom stereocenters. The van der Waals surface area contributed by atoms with Crippen molar-refractivity contribution in [2.45, 2.75) is 36.5 Å². The van der Waals surface area contributed by atoms with Crippen molar-refractivity contribution in [2.24, 2.45) is 7.05 Å². The summed E-state index contributed by atoms with van der Waals surface area (Å²) in [6, 6.07) is 4.88. The van der Waals surface area contributed by atoms with Crippen molar-refractivity contribution < 1.29 is 52.9 Å². The van der Waals surface area contributed by atoms with Gasteiger partial charge < -0.3 is 34.7 Å². The maximum absolute atomic E-state index is 13.8. The van der Waals surface area contributed by atoms with E-state index in [1.165, 1.54) is 64.6 Å². The summed E-state index contributed by atoms with van der Waals surface area (Å²) < 4.78 is 17.1. The molecule has 0 aliphatic carbocycles. The van der Waals surface area contributed by atoms with Crippen LogP contribution >= 0.6 is 23.5 Å². The van der Waals surface area contributed by atoms with Gasteiger partial charge in [-0.1, -0.05) is 23.9 Å². The number of aromatic hydroxyl groups is 1. The molecule has 1 fully saturated rings. The molecule has 53 heavy (non-hydrogen) atoms.